The molecule has 0 atom stereocenters. The second-order valence-corrected chi connectivity index (χ2v) is 8.35. The number of pyridine rings is 1. The molecule has 0 bridgehead atoms. The fraction of sp³-hybridized carbons (Fsp3) is 0.200. The van der Waals surface area contributed by atoms with Gasteiger partial charge in [0.25, 0.3) is 0 Å². The van der Waals surface area contributed by atoms with Crippen LogP contribution in [-0.2, 0) is 12.8 Å². The van der Waals surface area contributed by atoms with E-state index in [0.717, 1.165) is 36.3 Å². The number of aryl methyl sites for hydroxylation is 2. The molecule has 0 saturated carbocycles. The van der Waals surface area contributed by atoms with Gasteiger partial charge in [-0.3, -0.25) is 4.79 Å². The van der Waals surface area contributed by atoms with Crippen LogP contribution in [0.4, 0.5) is 17.3 Å². The highest BCUT2D eigenvalue weighted by Crippen LogP contribution is 2.26. The summed E-state index contributed by atoms with van der Waals surface area (Å²) in [7, 11) is 3.94. The molecular weight excluding hydrogens is 418 g/mol. The Bertz CT molecular complexity index is 1440. The first-order valence-corrected chi connectivity index (χ1v) is 10.7. The number of anilines is 3. The number of carboxylic acids is 1. The molecule has 2 heterocycles. The van der Waals surface area contributed by atoms with Crippen LogP contribution in [0.3, 0.4) is 0 Å². The normalized spacial score (nSPS) is 12.5. The lowest BCUT2D eigenvalue weighted by atomic mass is 10.1. The van der Waals surface area contributed by atoms with Crippen LogP contribution in [-0.4, -0.2) is 39.7 Å². The summed E-state index contributed by atoms with van der Waals surface area (Å²) in [6.07, 6.45) is 5.87. The van der Waals surface area contributed by atoms with Gasteiger partial charge in [0.15, 0.2) is 5.65 Å². The summed E-state index contributed by atoms with van der Waals surface area (Å²) in [5.74, 6) is -0.961. The van der Waals surface area contributed by atoms with Crippen molar-refractivity contribution in [2.45, 2.75) is 19.3 Å². The molecule has 1 aliphatic carbocycles. The summed E-state index contributed by atoms with van der Waals surface area (Å²) in [4.78, 5) is 35.4. The third-order valence-electron chi connectivity index (χ3n) is 5.97. The number of nitrogens with zero attached hydrogens (tertiary/aromatic N) is 4. The van der Waals surface area contributed by atoms with Crippen LogP contribution < -0.4 is 15.6 Å². The molecular formula is C25H23N5O3. The van der Waals surface area contributed by atoms with Gasteiger partial charge in [-0.1, -0.05) is 6.07 Å². The van der Waals surface area contributed by atoms with Crippen molar-refractivity contribution in [1.82, 2.24) is 14.5 Å². The molecule has 2 aromatic heterocycles. The Kier molecular flexibility index (Phi) is 5.05. The second-order valence-electron chi connectivity index (χ2n) is 8.35. The Morgan fingerprint density at radius 1 is 1.09 bits per heavy atom. The second kappa shape index (κ2) is 8.05. The Labute approximate surface area is 190 Å². The quantitative estimate of drug-likeness (QED) is 0.486. The number of hydrogen-bond acceptors (Lipinski definition) is 6. The Balaban J connectivity index is 1.63. The highest BCUT2D eigenvalue weighted by Gasteiger charge is 2.19. The zero-order valence-corrected chi connectivity index (χ0v) is 18.4. The molecule has 0 unspecified atom stereocenters. The molecule has 0 aliphatic heterocycles. The van der Waals surface area contributed by atoms with Gasteiger partial charge in [-0.2, -0.15) is 4.98 Å². The Morgan fingerprint density at radius 3 is 2.58 bits per heavy atom. The summed E-state index contributed by atoms with van der Waals surface area (Å²) in [5.41, 5.74) is 4.61. The van der Waals surface area contributed by atoms with Crippen molar-refractivity contribution < 1.29 is 9.90 Å². The monoisotopic (exact) mass is 441 g/mol. The molecule has 8 nitrogen and oxygen atoms in total. The molecule has 166 valence electrons. The predicted molar refractivity (Wildman–Crippen MR) is 128 cm³/mol. The van der Waals surface area contributed by atoms with E-state index in [9.17, 15) is 14.7 Å². The van der Waals surface area contributed by atoms with E-state index in [1.165, 1.54) is 23.5 Å². The van der Waals surface area contributed by atoms with Gasteiger partial charge in [0, 0.05) is 43.6 Å². The minimum atomic E-state index is -1.28. The lowest BCUT2D eigenvalue weighted by Crippen LogP contribution is -2.19. The smallest absolute Gasteiger partial charge is 0.341 e. The average molecular weight is 441 g/mol. The summed E-state index contributed by atoms with van der Waals surface area (Å²) in [6.45, 7) is 0. The van der Waals surface area contributed by atoms with E-state index in [1.54, 1.807) is 4.57 Å². The van der Waals surface area contributed by atoms with Crippen molar-refractivity contribution >= 4 is 34.3 Å². The number of rotatable bonds is 5. The molecule has 2 N–H and O–H groups in total. The van der Waals surface area contributed by atoms with Crippen molar-refractivity contribution in [2.24, 2.45) is 0 Å². The molecule has 0 saturated heterocycles. The first-order valence-electron chi connectivity index (χ1n) is 10.7. The van der Waals surface area contributed by atoms with Gasteiger partial charge in [-0.25, -0.2) is 9.78 Å². The van der Waals surface area contributed by atoms with Crippen molar-refractivity contribution in [2.75, 3.05) is 24.3 Å². The highest BCUT2D eigenvalue weighted by molar-refractivity contribution is 5.92. The van der Waals surface area contributed by atoms with Crippen LogP contribution in [0.5, 0.6) is 0 Å². The average Bonchev–Trinajstić information content (AvgIpc) is 3.27. The zero-order chi connectivity index (χ0) is 23.1. The lowest BCUT2D eigenvalue weighted by molar-refractivity contribution is 0.0695. The van der Waals surface area contributed by atoms with E-state index in [0.29, 0.717) is 11.6 Å². The van der Waals surface area contributed by atoms with E-state index in [2.05, 4.69) is 21.4 Å². The van der Waals surface area contributed by atoms with Gasteiger partial charge in [-0.15, -0.1) is 0 Å². The molecule has 2 aromatic carbocycles. The third kappa shape index (κ3) is 3.80. The van der Waals surface area contributed by atoms with Crippen LogP contribution in [0.25, 0.3) is 16.7 Å². The molecule has 0 amide bonds. The Hall–Kier alpha value is -4.20. The number of hydrogen-bond donors (Lipinski definition) is 2. The van der Waals surface area contributed by atoms with Gasteiger partial charge in [-0.05, 0) is 66.8 Å². The van der Waals surface area contributed by atoms with E-state index in [-0.39, 0.29) is 10.9 Å². The molecule has 1 aliphatic rings. The zero-order valence-electron chi connectivity index (χ0n) is 18.4. The summed E-state index contributed by atoms with van der Waals surface area (Å²) in [6, 6.07) is 13.8. The van der Waals surface area contributed by atoms with Crippen molar-refractivity contribution in [3.63, 3.8) is 0 Å². The first kappa shape index (κ1) is 20.7. The van der Waals surface area contributed by atoms with E-state index in [4.69, 9.17) is 0 Å². The third-order valence-corrected chi connectivity index (χ3v) is 5.97. The molecule has 8 heteroatoms. The SMILES string of the molecule is CN(C)c1ccc(Nc2ncc3c(=O)c(C(=O)O)cn(-c4ccc5c(c4)CCC5)c3n2)cc1. The van der Waals surface area contributed by atoms with Gasteiger partial charge in [0.2, 0.25) is 11.4 Å². The number of benzene rings is 2. The fourth-order valence-electron chi connectivity index (χ4n) is 4.20. The molecule has 0 radical (unpaired) electrons. The largest absolute Gasteiger partial charge is 0.477 e. The van der Waals surface area contributed by atoms with Crippen molar-refractivity contribution in [3.05, 3.63) is 81.8 Å². The van der Waals surface area contributed by atoms with Gasteiger partial charge < -0.3 is 19.9 Å². The lowest BCUT2D eigenvalue weighted by Gasteiger charge is -2.15. The number of carbonyl (C=O) groups is 1. The maximum Gasteiger partial charge on any atom is 0.341 e. The molecule has 4 aromatic rings. The molecule has 0 spiro atoms. The topological polar surface area (TPSA) is 100 Å². The maximum atomic E-state index is 12.8. The molecule has 0 fully saturated rings. The number of aromatic carboxylic acids is 1. The molecule has 5 rings (SSSR count). The number of nitrogens with one attached hydrogen (secondary N) is 1. The summed E-state index contributed by atoms with van der Waals surface area (Å²) in [5, 5.41) is 12.9. The van der Waals surface area contributed by atoms with E-state index >= 15 is 0 Å². The van der Waals surface area contributed by atoms with Crippen LogP contribution in [0.1, 0.15) is 27.9 Å². The number of aromatic nitrogens is 3. The van der Waals surface area contributed by atoms with E-state index in [1.807, 2.05) is 55.4 Å². The minimum Gasteiger partial charge on any atom is -0.477 e. The van der Waals surface area contributed by atoms with Crippen LogP contribution >= 0.6 is 0 Å². The van der Waals surface area contributed by atoms with Gasteiger partial charge in [0.05, 0.1) is 5.39 Å². The summed E-state index contributed by atoms with van der Waals surface area (Å²) < 4.78 is 1.67. The minimum absolute atomic E-state index is 0.156. The van der Waals surface area contributed by atoms with Crippen molar-refractivity contribution in [1.29, 1.82) is 0 Å². The van der Waals surface area contributed by atoms with Crippen LogP contribution in [0.15, 0.2) is 59.7 Å². The summed E-state index contributed by atoms with van der Waals surface area (Å²) >= 11 is 0. The van der Waals surface area contributed by atoms with Crippen LogP contribution in [0, 0.1) is 0 Å². The van der Waals surface area contributed by atoms with Crippen LogP contribution in [0.2, 0.25) is 0 Å². The predicted octanol–water partition coefficient (Wildman–Crippen LogP) is 3.78. The fourth-order valence-corrected chi connectivity index (χ4v) is 4.20. The van der Waals surface area contributed by atoms with Gasteiger partial charge >= 0.3 is 5.97 Å². The standard InChI is InChI=1S/C25H23N5O3/c1-29(2)18-10-7-17(8-11-18)27-25-26-13-20-22(31)21(24(32)33)14-30(23(20)28-25)19-9-6-15-4-3-5-16(15)12-19/h6-14H,3-5H2,1-2H3,(H,32,33)(H,26,27,28). The highest BCUT2D eigenvalue weighted by atomic mass is 16.4. The van der Waals surface area contributed by atoms with E-state index < -0.39 is 11.4 Å². The first-order chi connectivity index (χ1) is 15.9. The number of carboxylic acid groups (broad SMARTS) is 1. The molecule has 33 heavy (non-hydrogen) atoms. The van der Waals surface area contributed by atoms with Gasteiger partial charge in [0.1, 0.15) is 5.56 Å². The van der Waals surface area contributed by atoms with Crippen molar-refractivity contribution in [3.8, 4) is 5.69 Å². The Morgan fingerprint density at radius 2 is 1.85 bits per heavy atom. The number of fused-ring (bicyclic) bond motifs is 2. The maximum absolute atomic E-state index is 12.8.